The van der Waals surface area contributed by atoms with Crippen LogP contribution in [0.25, 0.3) is 10.9 Å². The van der Waals surface area contributed by atoms with Gasteiger partial charge in [0.1, 0.15) is 0 Å². The number of aliphatic carboxylic acids is 1. The van der Waals surface area contributed by atoms with Crippen molar-refractivity contribution in [3.8, 4) is 0 Å². The highest BCUT2D eigenvalue weighted by atomic mass is 16.4. The number of benzene rings is 1. The van der Waals surface area contributed by atoms with Gasteiger partial charge in [-0.3, -0.25) is 9.59 Å². The predicted molar refractivity (Wildman–Crippen MR) is 71.5 cm³/mol. The lowest BCUT2D eigenvalue weighted by atomic mass is 9.87. The molecule has 2 N–H and O–H groups in total. The zero-order valence-electron chi connectivity index (χ0n) is 10.7. The lowest BCUT2D eigenvalue weighted by Gasteiger charge is -2.18. The SMILES string of the molecule is CC(=O)c1ccc2[nH]c3c(c2c1)CCC(C(=O)O)C3. The van der Waals surface area contributed by atoms with Crippen molar-refractivity contribution >= 4 is 22.7 Å². The maximum Gasteiger partial charge on any atom is 0.306 e. The van der Waals surface area contributed by atoms with Crippen LogP contribution in [-0.4, -0.2) is 21.8 Å². The van der Waals surface area contributed by atoms with E-state index in [4.69, 9.17) is 5.11 Å². The van der Waals surface area contributed by atoms with Gasteiger partial charge < -0.3 is 10.1 Å². The number of H-pyrrole nitrogens is 1. The van der Waals surface area contributed by atoms with Crippen LogP contribution < -0.4 is 0 Å². The molecule has 98 valence electrons. The molecular weight excluding hydrogens is 242 g/mol. The molecule has 1 unspecified atom stereocenters. The molecule has 1 aliphatic rings. The molecule has 0 bridgehead atoms. The summed E-state index contributed by atoms with van der Waals surface area (Å²) >= 11 is 0. The van der Waals surface area contributed by atoms with Crippen LogP contribution in [0.1, 0.15) is 35.0 Å². The molecule has 19 heavy (non-hydrogen) atoms. The van der Waals surface area contributed by atoms with Crippen molar-refractivity contribution in [1.29, 1.82) is 0 Å². The van der Waals surface area contributed by atoms with E-state index < -0.39 is 5.97 Å². The van der Waals surface area contributed by atoms with E-state index in [0.29, 0.717) is 18.4 Å². The second-order valence-electron chi connectivity index (χ2n) is 5.18. The lowest BCUT2D eigenvalue weighted by molar-refractivity contribution is -0.142. The van der Waals surface area contributed by atoms with Crippen molar-refractivity contribution < 1.29 is 14.7 Å². The number of ketones is 1. The second-order valence-corrected chi connectivity index (χ2v) is 5.18. The first kappa shape index (κ1) is 12.0. The summed E-state index contributed by atoms with van der Waals surface area (Å²) in [6.45, 7) is 1.56. The van der Waals surface area contributed by atoms with E-state index in [1.807, 2.05) is 12.1 Å². The molecule has 3 rings (SSSR count). The summed E-state index contributed by atoms with van der Waals surface area (Å²) in [6, 6.07) is 5.62. The van der Waals surface area contributed by atoms with Crippen molar-refractivity contribution in [3.05, 3.63) is 35.0 Å². The average Bonchev–Trinajstić information content (AvgIpc) is 2.74. The van der Waals surface area contributed by atoms with E-state index in [1.54, 1.807) is 13.0 Å². The molecule has 2 aromatic rings. The van der Waals surface area contributed by atoms with Crippen LogP contribution in [-0.2, 0) is 17.6 Å². The van der Waals surface area contributed by atoms with Gasteiger partial charge in [-0.25, -0.2) is 0 Å². The Bertz CT molecular complexity index is 684. The lowest BCUT2D eigenvalue weighted by Crippen LogP contribution is -2.21. The summed E-state index contributed by atoms with van der Waals surface area (Å²) < 4.78 is 0. The van der Waals surface area contributed by atoms with E-state index >= 15 is 0 Å². The van der Waals surface area contributed by atoms with Crippen molar-refractivity contribution in [2.45, 2.75) is 26.2 Å². The van der Waals surface area contributed by atoms with Crippen LogP contribution in [0, 0.1) is 5.92 Å². The number of fused-ring (bicyclic) bond motifs is 3. The largest absolute Gasteiger partial charge is 0.481 e. The summed E-state index contributed by atoms with van der Waals surface area (Å²) in [4.78, 5) is 25.8. The van der Waals surface area contributed by atoms with Crippen molar-refractivity contribution in [2.24, 2.45) is 5.92 Å². The molecule has 0 saturated carbocycles. The predicted octanol–water partition coefficient (Wildman–Crippen LogP) is 2.56. The van der Waals surface area contributed by atoms with Gasteiger partial charge in [-0.2, -0.15) is 0 Å². The van der Waals surface area contributed by atoms with E-state index in [2.05, 4.69) is 4.98 Å². The number of nitrogens with one attached hydrogen (secondary N) is 1. The summed E-state index contributed by atoms with van der Waals surface area (Å²) in [7, 11) is 0. The molecule has 0 fully saturated rings. The maximum atomic E-state index is 11.4. The minimum atomic E-state index is -0.728. The van der Waals surface area contributed by atoms with Gasteiger partial charge >= 0.3 is 5.97 Å². The van der Waals surface area contributed by atoms with Crippen LogP contribution in [0.2, 0.25) is 0 Å². The number of hydrogen-bond acceptors (Lipinski definition) is 2. The maximum absolute atomic E-state index is 11.4. The molecule has 0 saturated heterocycles. The summed E-state index contributed by atoms with van der Waals surface area (Å²) in [5.74, 6) is -0.974. The number of carbonyl (C=O) groups excluding carboxylic acids is 1. The van der Waals surface area contributed by atoms with Crippen LogP contribution in [0.4, 0.5) is 0 Å². The molecule has 4 nitrogen and oxygen atoms in total. The monoisotopic (exact) mass is 257 g/mol. The fraction of sp³-hybridized carbons (Fsp3) is 0.333. The van der Waals surface area contributed by atoms with E-state index in [0.717, 1.165) is 23.0 Å². The zero-order valence-corrected chi connectivity index (χ0v) is 10.7. The van der Waals surface area contributed by atoms with Crippen LogP contribution in [0.3, 0.4) is 0 Å². The third kappa shape index (κ3) is 1.93. The Morgan fingerprint density at radius 2 is 2.16 bits per heavy atom. The topological polar surface area (TPSA) is 70.2 Å². The smallest absolute Gasteiger partial charge is 0.306 e. The Morgan fingerprint density at radius 1 is 1.37 bits per heavy atom. The highest BCUT2D eigenvalue weighted by Gasteiger charge is 2.26. The van der Waals surface area contributed by atoms with Gasteiger partial charge in [-0.1, -0.05) is 0 Å². The number of aromatic nitrogens is 1. The number of aryl methyl sites for hydroxylation is 1. The molecule has 1 aromatic carbocycles. The van der Waals surface area contributed by atoms with Crippen LogP contribution in [0.15, 0.2) is 18.2 Å². The minimum Gasteiger partial charge on any atom is -0.481 e. The molecule has 0 spiro atoms. The van der Waals surface area contributed by atoms with Crippen molar-refractivity contribution in [3.63, 3.8) is 0 Å². The molecular formula is C15H15NO3. The highest BCUT2D eigenvalue weighted by molar-refractivity contribution is 5.99. The first-order chi connectivity index (χ1) is 9.06. The summed E-state index contributed by atoms with van der Waals surface area (Å²) in [6.07, 6.45) is 1.97. The van der Waals surface area contributed by atoms with E-state index in [-0.39, 0.29) is 11.7 Å². The Labute approximate surface area is 110 Å². The third-order valence-corrected chi connectivity index (χ3v) is 3.94. The number of rotatable bonds is 2. The standard InChI is InChI=1S/C15H15NO3/c1-8(17)9-3-5-13-12(6-9)11-4-2-10(15(18)19)7-14(11)16-13/h3,5-6,10,16H,2,4,7H2,1H3,(H,18,19). The minimum absolute atomic E-state index is 0.0519. The summed E-state index contributed by atoms with van der Waals surface area (Å²) in [5.41, 5.74) is 3.88. The summed E-state index contributed by atoms with van der Waals surface area (Å²) in [5, 5.41) is 10.2. The highest BCUT2D eigenvalue weighted by Crippen LogP contribution is 2.32. The van der Waals surface area contributed by atoms with Crippen molar-refractivity contribution in [2.75, 3.05) is 0 Å². The van der Waals surface area contributed by atoms with Crippen LogP contribution in [0.5, 0.6) is 0 Å². The van der Waals surface area contributed by atoms with Gasteiger partial charge in [0.25, 0.3) is 0 Å². The number of carbonyl (C=O) groups is 2. The molecule has 0 radical (unpaired) electrons. The Morgan fingerprint density at radius 3 is 2.84 bits per heavy atom. The van der Waals surface area contributed by atoms with E-state index in [9.17, 15) is 9.59 Å². The van der Waals surface area contributed by atoms with Crippen LogP contribution >= 0.6 is 0 Å². The molecule has 1 aliphatic carbocycles. The Balaban J connectivity index is 2.09. The Kier molecular flexibility index (Phi) is 2.66. The number of carboxylic acids is 1. The number of aromatic amines is 1. The fourth-order valence-corrected chi connectivity index (χ4v) is 2.86. The molecule has 1 aromatic heterocycles. The van der Waals surface area contributed by atoms with Crippen molar-refractivity contribution in [1.82, 2.24) is 4.98 Å². The molecule has 0 amide bonds. The Hall–Kier alpha value is -2.10. The number of Topliss-reactive ketones (excluding diaryl/α,β-unsaturated/α-hetero) is 1. The normalized spacial score (nSPS) is 18.3. The first-order valence-corrected chi connectivity index (χ1v) is 6.43. The molecule has 1 heterocycles. The van der Waals surface area contributed by atoms with Gasteiger partial charge in [0.05, 0.1) is 5.92 Å². The zero-order chi connectivity index (χ0) is 13.6. The van der Waals surface area contributed by atoms with E-state index in [1.165, 1.54) is 5.56 Å². The quantitative estimate of drug-likeness (QED) is 0.812. The van der Waals surface area contributed by atoms with Gasteiger partial charge in [0.2, 0.25) is 0 Å². The second kappa shape index (κ2) is 4.23. The molecule has 0 aliphatic heterocycles. The van der Waals surface area contributed by atoms with Gasteiger partial charge in [-0.15, -0.1) is 0 Å². The first-order valence-electron chi connectivity index (χ1n) is 6.43. The molecule has 1 atom stereocenters. The number of hydrogen-bond donors (Lipinski definition) is 2. The van der Waals surface area contributed by atoms with Gasteiger partial charge in [0.15, 0.2) is 5.78 Å². The van der Waals surface area contributed by atoms with Gasteiger partial charge in [-0.05, 0) is 43.5 Å². The third-order valence-electron chi connectivity index (χ3n) is 3.94. The fourth-order valence-electron chi connectivity index (χ4n) is 2.86. The average molecular weight is 257 g/mol. The molecule has 4 heteroatoms. The van der Waals surface area contributed by atoms with Gasteiger partial charge in [0, 0.05) is 28.6 Å². The number of carboxylic acid groups (broad SMARTS) is 1.